The van der Waals surface area contributed by atoms with Crippen molar-refractivity contribution in [3.05, 3.63) is 53.3 Å². The first-order valence-corrected chi connectivity index (χ1v) is 9.23. The van der Waals surface area contributed by atoms with E-state index >= 15 is 0 Å². The second kappa shape index (κ2) is 8.93. The highest BCUT2D eigenvalue weighted by atomic mass is 19.1. The maximum absolute atomic E-state index is 13.9. The van der Waals surface area contributed by atoms with Crippen LogP contribution in [0.25, 0.3) is 0 Å². The number of halogens is 1. The van der Waals surface area contributed by atoms with Gasteiger partial charge in [0.1, 0.15) is 6.54 Å². The van der Waals surface area contributed by atoms with Gasteiger partial charge in [-0.1, -0.05) is 0 Å². The van der Waals surface area contributed by atoms with E-state index in [1.807, 2.05) is 18.2 Å². The van der Waals surface area contributed by atoms with E-state index in [0.717, 1.165) is 30.9 Å². The molecule has 2 aromatic carbocycles. The Morgan fingerprint density at radius 1 is 0.964 bits per heavy atom. The van der Waals surface area contributed by atoms with Crippen molar-refractivity contribution < 1.29 is 28.3 Å². The quantitative estimate of drug-likeness (QED) is 0.811. The van der Waals surface area contributed by atoms with Gasteiger partial charge in [0, 0.05) is 11.1 Å². The SMILES string of the molecule is COc1ccc(C(=O)N2CC[NH+](Cc3ccc(OC)c(OC)c3)CC2)cc1F. The van der Waals surface area contributed by atoms with Crippen LogP contribution in [0.1, 0.15) is 15.9 Å². The van der Waals surface area contributed by atoms with Gasteiger partial charge in [-0.25, -0.2) is 4.39 Å². The van der Waals surface area contributed by atoms with Gasteiger partial charge in [0.05, 0.1) is 47.5 Å². The molecule has 0 spiro atoms. The Bertz CT molecular complexity index is 835. The number of nitrogens with one attached hydrogen (secondary N) is 1. The van der Waals surface area contributed by atoms with Gasteiger partial charge in [-0.3, -0.25) is 4.79 Å². The monoisotopic (exact) mass is 389 g/mol. The molecule has 6 nitrogen and oxygen atoms in total. The lowest BCUT2D eigenvalue weighted by atomic mass is 10.1. The third-order valence-electron chi connectivity index (χ3n) is 5.06. The van der Waals surface area contributed by atoms with Gasteiger partial charge >= 0.3 is 0 Å². The van der Waals surface area contributed by atoms with Crippen molar-refractivity contribution in [3.63, 3.8) is 0 Å². The van der Waals surface area contributed by atoms with Crippen LogP contribution in [0.5, 0.6) is 17.2 Å². The first-order chi connectivity index (χ1) is 13.5. The molecule has 2 aromatic rings. The maximum atomic E-state index is 13.9. The summed E-state index contributed by atoms with van der Waals surface area (Å²) >= 11 is 0. The number of hydrogen-bond donors (Lipinski definition) is 1. The van der Waals surface area contributed by atoms with E-state index in [4.69, 9.17) is 14.2 Å². The Balaban J connectivity index is 1.58. The average Bonchev–Trinajstić information content (AvgIpc) is 2.73. The van der Waals surface area contributed by atoms with Crippen molar-refractivity contribution in [3.8, 4) is 17.2 Å². The van der Waals surface area contributed by atoms with Crippen LogP contribution >= 0.6 is 0 Å². The van der Waals surface area contributed by atoms with Crippen LogP contribution in [0.3, 0.4) is 0 Å². The van der Waals surface area contributed by atoms with Gasteiger partial charge in [-0.2, -0.15) is 0 Å². The molecule has 1 heterocycles. The number of rotatable bonds is 6. The molecule has 1 aliphatic heterocycles. The number of quaternary nitrogens is 1. The van der Waals surface area contributed by atoms with Crippen LogP contribution in [0.4, 0.5) is 4.39 Å². The molecule has 7 heteroatoms. The normalized spacial score (nSPS) is 14.6. The second-order valence-electron chi connectivity index (χ2n) is 6.76. The summed E-state index contributed by atoms with van der Waals surface area (Å²) in [6.07, 6.45) is 0. The second-order valence-corrected chi connectivity index (χ2v) is 6.76. The minimum Gasteiger partial charge on any atom is -0.494 e. The lowest BCUT2D eigenvalue weighted by Gasteiger charge is -2.32. The van der Waals surface area contributed by atoms with Crippen LogP contribution in [-0.4, -0.2) is 58.3 Å². The topological polar surface area (TPSA) is 52.4 Å². The molecule has 0 atom stereocenters. The molecule has 1 saturated heterocycles. The van der Waals surface area contributed by atoms with Gasteiger partial charge in [-0.15, -0.1) is 0 Å². The highest BCUT2D eigenvalue weighted by Gasteiger charge is 2.25. The van der Waals surface area contributed by atoms with Gasteiger partial charge in [-0.05, 0) is 36.4 Å². The Labute approximate surface area is 164 Å². The Morgan fingerprint density at radius 3 is 2.21 bits per heavy atom. The molecular weight excluding hydrogens is 363 g/mol. The van der Waals surface area contributed by atoms with Crippen LogP contribution < -0.4 is 19.1 Å². The van der Waals surface area contributed by atoms with Crippen molar-refractivity contribution in [2.24, 2.45) is 0 Å². The molecule has 1 fully saturated rings. The molecule has 1 aliphatic rings. The van der Waals surface area contributed by atoms with E-state index in [2.05, 4.69) is 0 Å². The predicted molar refractivity (Wildman–Crippen MR) is 103 cm³/mol. The fourth-order valence-corrected chi connectivity index (χ4v) is 3.46. The molecule has 0 saturated carbocycles. The predicted octanol–water partition coefficient (Wildman–Crippen LogP) is 1.39. The van der Waals surface area contributed by atoms with E-state index in [1.165, 1.54) is 24.1 Å². The van der Waals surface area contributed by atoms with Crippen molar-refractivity contribution in [2.75, 3.05) is 47.5 Å². The van der Waals surface area contributed by atoms with Gasteiger partial charge in [0.2, 0.25) is 0 Å². The molecule has 0 unspecified atom stereocenters. The van der Waals surface area contributed by atoms with Crippen molar-refractivity contribution in [2.45, 2.75) is 6.54 Å². The zero-order valence-electron chi connectivity index (χ0n) is 16.5. The number of methoxy groups -OCH3 is 3. The van der Waals surface area contributed by atoms with Gasteiger partial charge in [0.15, 0.2) is 23.1 Å². The number of hydrogen-bond acceptors (Lipinski definition) is 4. The number of piperazine rings is 1. The number of nitrogens with zero attached hydrogens (tertiary/aromatic N) is 1. The summed E-state index contributed by atoms with van der Waals surface area (Å²) in [6.45, 7) is 3.78. The molecule has 0 bridgehead atoms. The van der Waals surface area contributed by atoms with Gasteiger partial charge < -0.3 is 24.0 Å². The number of ether oxygens (including phenoxy) is 3. The fraction of sp³-hybridized carbons (Fsp3) is 0.381. The van der Waals surface area contributed by atoms with Crippen LogP contribution in [-0.2, 0) is 6.54 Å². The molecule has 0 radical (unpaired) electrons. The summed E-state index contributed by atoms with van der Waals surface area (Å²) in [6, 6.07) is 10.3. The van der Waals surface area contributed by atoms with Crippen molar-refractivity contribution in [1.82, 2.24) is 4.90 Å². The highest BCUT2D eigenvalue weighted by molar-refractivity contribution is 5.94. The zero-order chi connectivity index (χ0) is 20.1. The van der Waals surface area contributed by atoms with Crippen LogP contribution in [0, 0.1) is 5.82 Å². The van der Waals surface area contributed by atoms with E-state index in [0.29, 0.717) is 24.4 Å². The number of carbonyl (C=O) groups excluding carboxylic acids is 1. The van der Waals surface area contributed by atoms with Crippen molar-refractivity contribution in [1.29, 1.82) is 0 Å². The Kier molecular flexibility index (Phi) is 6.36. The average molecular weight is 389 g/mol. The third kappa shape index (κ3) is 4.36. The first kappa shape index (κ1) is 19.9. The summed E-state index contributed by atoms with van der Waals surface area (Å²) < 4.78 is 29.4. The third-order valence-corrected chi connectivity index (χ3v) is 5.06. The molecule has 1 N–H and O–H groups in total. The zero-order valence-corrected chi connectivity index (χ0v) is 16.5. The molecule has 0 aromatic heterocycles. The minimum atomic E-state index is -0.522. The van der Waals surface area contributed by atoms with E-state index in [-0.39, 0.29) is 11.7 Å². The summed E-state index contributed by atoms with van der Waals surface area (Å²) in [5, 5.41) is 0. The van der Waals surface area contributed by atoms with Gasteiger partial charge in [0.25, 0.3) is 5.91 Å². The Hall–Kier alpha value is -2.80. The number of benzene rings is 2. The van der Waals surface area contributed by atoms with Crippen molar-refractivity contribution >= 4 is 5.91 Å². The smallest absolute Gasteiger partial charge is 0.254 e. The molecule has 150 valence electrons. The molecular formula is C21H26FN2O4+. The lowest BCUT2D eigenvalue weighted by molar-refractivity contribution is -0.917. The molecule has 28 heavy (non-hydrogen) atoms. The summed E-state index contributed by atoms with van der Waals surface area (Å²) in [4.78, 5) is 15.8. The van der Waals surface area contributed by atoms with Crippen LogP contribution in [0.2, 0.25) is 0 Å². The molecule has 1 amide bonds. The number of carbonyl (C=O) groups is 1. The largest absolute Gasteiger partial charge is 0.494 e. The lowest BCUT2D eigenvalue weighted by Crippen LogP contribution is -3.13. The van der Waals surface area contributed by atoms with E-state index in [9.17, 15) is 9.18 Å². The van der Waals surface area contributed by atoms with E-state index < -0.39 is 5.82 Å². The maximum Gasteiger partial charge on any atom is 0.254 e. The molecule has 0 aliphatic carbocycles. The minimum absolute atomic E-state index is 0.140. The standard InChI is InChI=1S/C21H25FN2O4/c1-26-18-7-5-16(13-17(18)22)21(25)24-10-8-23(9-11-24)14-15-4-6-19(27-2)20(12-15)28-3/h4-7,12-13H,8-11,14H2,1-3H3/p+1. The Morgan fingerprint density at radius 2 is 1.61 bits per heavy atom. The summed E-state index contributed by atoms with van der Waals surface area (Å²) in [7, 11) is 4.65. The highest BCUT2D eigenvalue weighted by Crippen LogP contribution is 2.27. The first-order valence-electron chi connectivity index (χ1n) is 9.23. The molecule has 3 rings (SSSR count). The fourth-order valence-electron chi connectivity index (χ4n) is 3.46. The number of amides is 1. The summed E-state index contributed by atoms with van der Waals surface area (Å²) in [5.74, 6) is 0.900. The van der Waals surface area contributed by atoms with Crippen LogP contribution in [0.15, 0.2) is 36.4 Å². The van der Waals surface area contributed by atoms with E-state index in [1.54, 1.807) is 25.2 Å². The summed E-state index contributed by atoms with van der Waals surface area (Å²) in [5.41, 5.74) is 1.51.